The Kier molecular flexibility index (Phi) is 6.24. The Morgan fingerprint density at radius 3 is 2.58 bits per heavy atom. The minimum Gasteiger partial charge on any atom is -0.486 e. The van der Waals surface area contributed by atoms with Gasteiger partial charge in [0.05, 0.1) is 18.2 Å². The number of halogens is 3. The number of benzene rings is 1. The molecule has 3 atom stereocenters. The molecule has 0 saturated carbocycles. The summed E-state index contributed by atoms with van der Waals surface area (Å²) in [5.74, 6) is -0.948. The van der Waals surface area contributed by atoms with Gasteiger partial charge in [-0.3, -0.25) is 4.98 Å². The summed E-state index contributed by atoms with van der Waals surface area (Å²) in [7, 11) is -4.27. The highest BCUT2D eigenvalue weighted by atomic mass is 32.2. The van der Waals surface area contributed by atoms with Crippen LogP contribution in [0.5, 0.6) is 5.75 Å². The van der Waals surface area contributed by atoms with E-state index in [-0.39, 0.29) is 16.2 Å². The number of ether oxygens (including phenoxy) is 1. The van der Waals surface area contributed by atoms with Gasteiger partial charge in [0.2, 0.25) is 10.0 Å². The van der Waals surface area contributed by atoms with Gasteiger partial charge in [-0.15, -0.1) is 0 Å². The summed E-state index contributed by atoms with van der Waals surface area (Å²) in [4.78, 5) is 3.05. The molecule has 2 aromatic rings. The molecule has 1 saturated heterocycles. The standard InChI is InChI=1S/C19H18F3N3O5S/c1-11(26)19(27)10-25(31(28,29)14-4-5-16(18(21)22)24-8-14)9-17(19)30-13-3-2-12(7-23)15(20)6-13/h2-6,8,11,17-18,26-27H,9-10H2,1H3/t11-,17+,19-/m1/s1. The first-order valence-electron chi connectivity index (χ1n) is 9.00. The number of rotatable bonds is 6. The number of aliphatic hydroxyl groups is 2. The maximum absolute atomic E-state index is 13.9. The van der Waals surface area contributed by atoms with Gasteiger partial charge < -0.3 is 14.9 Å². The van der Waals surface area contributed by atoms with Crippen molar-refractivity contribution in [1.29, 1.82) is 5.26 Å². The van der Waals surface area contributed by atoms with Crippen LogP contribution in [-0.2, 0) is 10.0 Å². The Hall–Kier alpha value is -2.72. The van der Waals surface area contributed by atoms with Gasteiger partial charge >= 0.3 is 0 Å². The molecular weight excluding hydrogens is 439 g/mol. The lowest BCUT2D eigenvalue weighted by molar-refractivity contribution is -0.104. The predicted octanol–water partition coefficient (Wildman–Crippen LogP) is 1.59. The van der Waals surface area contributed by atoms with E-state index >= 15 is 0 Å². The second-order valence-electron chi connectivity index (χ2n) is 7.04. The average Bonchev–Trinajstić information content (AvgIpc) is 3.07. The van der Waals surface area contributed by atoms with Crippen LogP contribution in [0.4, 0.5) is 13.2 Å². The first kappa shape index (κ1) is 23.0. The van der Waals surface area contributed by atoms with Gasteiger partial charge in [0.1, 0.15) is 39.9 Å². The molecule has 1 fully saturated rings. The van der Waals surface area contributed by atoms with E-state index in [0.717, 1.165) is 34.8 Å². The number of hydrogen-bond acceptors (Lipinski definition) is 7. The molecule has 2 N–H and O–H groups in total. The third-order valence-electron chi connectivity index (χ3n) is 5.04. The first-order valence-corrected chi connectivity index (χ1v) is 10.4. The molecule has 1 aromatic carbocycles. The van der Waals surface area contributed by atoms with Crippen LogP contribution in [0.3, 0.4) is 0 Å². The topological polar surface area (TPSA) is 124 Å². The van der Waals surface area contributed by atoms with E-state index in [1.165, 1.54) is 13.0 Å². The van der Waals surface area contributed by atoms with Crippen LogP contribution in [0.25, 0.3) is 0 Å². The number of nitriles is 1. The highest BCUT2D eigenvalue weighted by molar-refractivity contribution is 7.89. The maximum Gasteiger partial charge on any atom is 0.280 e. The van der Waals surface area contributed by atoms with Gasteiger partial charge in [-0.2, -0.15) is 9.57 Å². The number of hydrogen-bond donors (Lipinski definition) is 2. The minimum atomic E-state index is -4.27. The Morgan fingerprint density at radius 2 is 2.06 bits per heavy atom. The molecule has 1 aromatic heterocycles. The summed E-state index contributed by atoms with van der Waals surface area (Å²) in [6.07, 6.45) is -4.81. The second kappa shape index (κ2) is 8.43. The normalized spacial score (nSPS) is 23.0. The number of sulfonamides is 1. The van der Waals surface area contributed by atoms with Crippen molar-refractivity contribution in [1.82, 2.24) is 9.29 Å². The third kappa shape index (κ3) is 4.35. The van der Waals surface area contributed by atoms with Crippen LogP contribution < -0.4 is 4.74 Å². The SMILES string of the molecule is C[C@@H](O)[C@]1(O)CN(S(=O)(=O)c2ccc(C(F)F)nc2)C[C@@H]1Oc1ccc(C#N)c(F)c1. The molecule has 31 heavy (non-hydrogen) atoms. The first-order chi connectivity index (χ1) is 14.5. The molecule has 1 aliphatic heterocycles. The van der Waals surface area contributed by atoms with Crippen molar-refractivity contribution < 1.29 is 36.5 Å². The van der Waals surface area contributed by atoms with E-state index in [2.05, 4.69) is 4.98 Å². The predicted molar refractivity (Wildman–Crippen MR) is 100 cm³/mol. The van der Waals surface area contributed by atoms with Crippen molar-refractivity contribution >= 4 is 10.0 Å². The Balaban J connectivity index is 1.89. The molecule has 3 rings (SSSR count). The van der Waals surface area contributed by atoms with Crippen LogP contribution in [0, 0.1) is 17.1 Å². The average molecular weight is 457 g/mol. The molecule has 166 valence electrons. The lowest BCUT2D eigenvalue weighted by Crippen LogP contribution is -2.53. The van der Waals surface area contributed by atoms with Gasteiger partial charge in [0, 0.05) is 18.8 Å². The largest absolute Gasteiger partial charge is 0.486 e. The zero-order valence-electron chi connectivity index (χ0n) is 16.1. The monoisotopic (exact) mass is 457 g/mol. The van der Waals surface area contributed by atoms with Gasteiger partial charge in [0.25, 0.3) is 6.43 Å². The van der Waals surface area contributed by atoms with Crippen LogP contribution in [-0.4, -0.2) is 58.8 Å². The van der Waals surface area contributed by atoms with Crippen molar-refractivity contribution in [2.24, 2.45) is 0 Å². The number of pyridine rings is 1. The minimum absolute atomic E-state index is 0.0808. The van der Waals surface area contributed by atoms with E-state index in [9.17, 15) is 31.8 Å². The third-order valence-corrected chi connectivity index (χ3v) is 6.84. The molecule has 8 nitrogen and oxygen atoms in total. The fourth-order valence-corrected chi connectivity index (χ4v) is 4.59. The molecule has 12 heteroatoms. The number of nitrogens with zero attached hydrogens (tertiary/aromatic N) is 3. The smallest absolute Gasteiger partial charge is 0.280 e. The van der Waals surface area contributed by atoms with E-state index in [0.29, 0.717) is 0 Å². The van der Waals surface area contributed by atoms with Crippen molar-refractivity contribution in [3.05, 3.63) is 53.6 Å². The van der Waals surface area contributed by atoms with Crippen LogP contribution in [0.15, 0.2) is 41.4 Å². The van der Waals surface area contributed by atoms with Crippen molar-refractivity contribution in [2.45, 2.75) is 36.1 Å². The fraction of sp³-hybridized carbons (Fsp3) is 0.368. The summed E-state index contributed by atoms with van der Waals surface area (Å²) < 4.78 is 71.4. The van der Waals surface area contributed by atoms with Crippen molar-refractivity contribution in [3.63, 3.8) is 0 Å². The van der Waals surface area contributed by atoms with E-state index in [1.54, 1.807) is 6.07 Å². The molecule has 0 aliphatic carbocycles. The quantitative estimate of drug-likeness (QED) is 0.675. The van der Waals surface area contributed by atoms with Gasteiger partial charge in [-0.05, 0) is 31.2 Å². The van der Waals surface area contributed by atoms with E-state index < -0.39 is 58.9 Å². The Bertz CT molecular complexity index is 1110. The fourth-order valence-electron chi connectivity index (χ4n) is 3.16. The molecule has 0 amide bonds. The highest BCUT2D eigenvalue weighted by Gasteiger charge is 2.53. The number of β-amino-alcohol motifs (C(OH)–C–C–N with tert-alkyl or cyclic N) is 1. The highest BCUT2D eigenvalue weighted by Crippen LogP contribution is 2.33. The number of alkyl halides is 2. The summed E-state index contributed by atoms with van der Waals surface area (Å²) in [6.45, 7) is 0.264. The van der Waals surface area contributed by atoms with Gasteiger partial charge in [-0.1, -0.05) is 0 Å². The lowest BCUT2D eigenvalue weighted by Gasteiger charge is -2.31. The zero-order valence-corrected chi connectivity index (χ0v) is 16.9. The Labute approximate surface area is 176 Å². The molecule has 1 aliphatic rings. The summed E-state index contributed by atoms with van der Waals surface area (Å²) in [5.41, 5.74) is -2.87. The second-order valence-corrected chi connectivity index (χ2v) is 8.98. The maximum atomic E-state index is 13.9. The summed E-state index contributed by atoms with van der Waals surface area (Å²) in [6, 6.07) is 6.83. The summed E-state index contributed by atoms with van der Waals surface area (Å²) >= 11 is 0. The van der Waals surface area contributed by atoms with Gasteiger partial charge in [-0.25, -0.2) is 21.6 Å². The number of aromatic nitrogens is 1. The molecule has 0 spiro atoms. The molecule has 0 bridgehead atoms. The molecule has 2 heterocycles. The van der Waals surface area contributed by atoms with Crippen LogP contribution in [0.1, 0.15) is 24.6 Å². The number of aliphatic hydroxyl groups excluding tert-OH is 1. The van der Waals surface area contributed by atoms with E-state index in [4.69, 9.17) is 10.00 Å². The zero-order chi connectivity index (χ0) is 23.0. The van der Waals surface area contributed by atoms with Crippen molar-refractivity contribution in [2.75, 3.05) is 13.1 Å². The van der Waals surface area contributed by atoms with Crippen LogP contribution in [0.2, 0.25) is 0 Å². The molecule has 0 unspecified atom stereocenters. The molecular formula is C19H18F3N3O5S. The van der Waals surface area contributed by atoms with Crippen molar-refractivity contribution in [3.8, 4) is 11.8 Å². The van der Waals surface area contributed by atoms with Crippen LogP contribution >= 0.6 is 0 Å². The summed E-state index contributed by atoms with van der Waals surface area (Å²) in [5, 5.41) is 29.8. The molecule has 0 radical (unpaired) electrons. The lowest BCUT2D eigenvalue weighted by atomic mass is 9.94. The van der Waals surface area contributed by atoms with E-state index in [1.807, 2.05) is 0 Å². The Morgan fingerprint density at radius 1 is 1.35 bits per heavy atom. The van der Waals surface area contributed by atoms with Gasteiger partial charge in [0.15, 0.2) is 0 Å².